The number of hydrazone groups is 1. The maximum absolute atomic E-state index is 13.7. The largest absolute Gasteiger partial charge is 0.272 e. The van der Waals surface area contributed by atoms with E-state index in [2.05, 4.69) is 15.5 Å². The van der Waals surface area contributed by atoms with Crippen molar-refractivity contribution in [1.82, 2.24) is 20.0 Å². The second-order valence-electron chi connectivity index (χ2n) is 8.12. The Morgan fingerprint density at radius 2 is 1.94 bits per heavy atom. The van der Waals surface area contributed by atoms with E-state index >= 15 is 0 Å². The number of aromatic nitrogens is 3. The van der Waals surface area contributed by atoms with E-state index in [-0.39, 0.29) is 17.2 Å². The predicted molar refractivity (Wildman–Crippen MR) is 137 cm³/mol. The van der Waals surface area contributed by atoms with Gasteiger partial charge in [-0.3, -0.25) is 19.1 Å². The van der Waals surface area contributed by atoms with Gasteiger partial charge in [0.2, 0.25) is 0 Å². The molecule has 3 aromatic heterocycles. The average Bonchev–Trinajstić information content (AvgIpc) is 3.23. The highest BCUT2D eigenvalue weighted by Crippen LogP contribution is 2.35. The maximum Gasteiger partial charge on any atom is 0.267 e. The summed E-state index contributed by atoms with van der Waals surface area (Å²) in [6.07, 6.45) is 9.05. The molecule has 0 unspecified atom stereocenters. The number of aryl methyl sites for hydroxylation is 3. The van der Waals surface area contributed by atoms with Crippen LogP contribution in [0.1, 0.15) is 34.4 Å². The van der Waals surface area contributed by atoms with E-state index in [1.54, 1.807) is 46.6 Å². The van der Waals surface area contributed by atoms with E-state index in [0.717, 1.165) is 58.3 Å². The molecule has 4 aromatic rings. The van der Waals surface area contributed by atoms with Gasteiger partial charge in [-0.1, -0.05) is 29.5 Å². The van der Waals surface area contributed by atoms with Crippen molar-refractivity contribution in [2.24, 2.45) is 5.10 Å². The Bertz CT molecular complexity index is 1430. The zero-order valence-corrected chi connectivity index (χ0v) is 20.3. The maximum atomic E-state index is 13.7. The van der Waals surface area contributed by atoms with Crippen molar-refractivity contribution >= 4 is 45.4 Å². The van der Waals surface area contributed by atoms with E-state index in [0.29, 0.717) is 5.16 Å². The van der Waals surface area contributed by atoms with Crippen LogP contribution >= 0.6 is 23.1 Å². The Morgan fingerprint density at radius 3 is 2.74 bits per heavy atom. The highest BCUT2D eigenvalue weighted by atomic mass is 32.2. The van der Waals surface area contributed by atoms with Gasteiger partial charge in [0.25, 0.3) is 11.5 Å². The van der Waals surface area contributed by atoms with Gasteiger partial charge in [-0.25, -0.2) is 10.4 Å². The van der Waals surface area contributed by atoms with Gasteiger partial charge in [0.15, 0.2) is 5.16 Å². The van der Waals surface area contributed by atoms with Gasteiger partial charge in [0, 0.05) is 17.3 Å². The normalized spacial score (nSPS) is 13.3. The van der Waals surface area contributed by atoms with Crippen molar-refractivity contribution in [2.45, 2.75) is 37.8 Å². The first kappa shape index (κ1) is 22.5. The first-order valence-electron chi connectivity index (χ1n) is 11.1. The van der Waals surface area contributed by atoms with Crippen molar-refractivity contribution < 1.29 is 4.79 Å². The number of pyridine rings is 1. The Hall–Kier alpha value is -3.30. The van der Waals surface area contributed by atoms with E-state index in [9.17, 15) is 9.59 Å². The molecule has 0 fully saturated rings. The molecule has 0 saturated carbocycles. The molecule has 7 nitrogen and oxygen atoms in total. The fraction of sp³-hybridized carbons (Fsp3) is 0.240. The summed E-state index contributed by atoms with van der Waals surface area (Å²) in [7, 11) is 0. The topological polar surface area (TPSA) is 89.2 Å². The van der Waals surface area contributed by atoms with Crippen LogP contribution in [-0.2, 0) is 17.6 Å². The summed E-state index contributed by atoms with van der Waals surface area (Å²) in [4.78, 5) is 37.0. The molecule has 1 aromatic carbocycles. The number of carbonyl (C=O) groups is 1. The molecule has 0 bridgehead atoms. The van der Waals surface area contributed by atoms with Gasteiger partial charge in [-0.2, -0.15) is 5.10 Å². The third kappa shape index (κ3) is 4.67. The molecule has 1 N–H and O–H groups in total. The Kier molecular flexibility index (Phi) is 6.55. The Labute approximate surface area is 205 Å². The summed E-state index contributed by atoms with van der Waals surface area (Å²) in [5, 5.41) is 5.24. The summed E-state index contributed by atoms with van der Waals surface area (Å²) in [6, 6.07) is 11.4. The number of hydrogen-bond acceptors (Lipinski definition) is 7. The van der Waals surface area contributed by atoms with E-state index in [1.807, 2.05) is 31.2 Å². The minimum atomic E-state index is -0.273. The van der Waals surface area contributed by atoms with Crippen molar-refractivity contribution in [3.05, 3.63) is 80.7 Å². The van der Waals surface area contributed by atoms with Gasteiger partial charge < -0.3 is 0 Å². The zero-order valence-electron chi connectivity index (χ0n) is 18.7. The number of carbonyl (C=O) groups excluding carboxylic acids is 1. The van der Waals surface area contributed by atoms with Gasteiger partial charge in [0.1, 0.15) is 4.83 Å². The summed E-state index contributed by atoms with van der Waals surface area (Å²) in [5.74, 6) is -0.187. The van der Waals surface area contributed by atoms with Crippen LogP contribution < -0.4 is 11.0 Å². The number of nitrogens with zero attached hydrogens (tertiary/aromatic N) is 4. The smallest absolute Gasteiger partial charge is 0.267 e. The van der Waals surface area contributed by atoms with E-state index in [4.69, 9.17) is 4.98 Å². The number of benzene rings is 1. The lowest BCUT2D eigenvalue weighted by Gasteiger charge is -2.13. The van der Waals surface area contributed by atoms with Gasteiger partial charge >= 0.3 is 0 Å². The molecule has 0 spiro atoms. The summed E-state index contributed by atoms with van der Waals surface area (Å²) in [6.45, 7) is 2.01. The van der Waals surface area contributed by atoms with Gasteiger partial charge in [-0.15, -0.1) is 11.3 Å². The standard InChI is InChI=1S/C25H23N5O2S2/c1-16-6-8-18(9-7-16)30-24(32)22-19-4-2-3-5-20(19)34-23(22)28-25(30)33-15-21(31)29-27-14-17-10-12-26-13-11-17/h6-14H,2-5,15H2,1H3,(H,29,31)/b27-14+. The molecular weight excluding hydrogens is 466 g/mol. The van der Waals surface area contributed by atoms with Crippen molar-refractivity contribution in [3.63, 3.8) is 0 Å². The molecular formula is C25H23N5O2S2. The molecule has 172 valence electrons. The number of rotatable bonds is 6. The van der Waals surface area contributed by atoms with Crippen LogP contribution in [-0.4, -0.2) is 32.4 Å². The molecule has 0 atom stereocenters. The predicted octanol–water partition coefficient (Wildman–Crippen LogP) is 4.27. The molecule has 0 saturated heterocycles. The second kappa shape index (κ2) is 9.90. The van der Waals surface area contributed by atoms with Crippen molar-refractivity contribution in [1.29, 1.82) is 0 Å². The highest BCUT2D eigenvalue weighted by molar-refractivity contribution is 7.99. The summed E-state index contributed by atoms with van der Waals surface area (Å²) < 4.78 is 1.64. The number of thiophene rings is 1. The Morgan fingerprint density at radius 1 is 1.18 bits per heavy atom. The SMILES string of the molecule is Cc1ccc(-n2c(SCC(=O)N/N=C/c3ccncc3)nc3sc4c(c3c2=O)CCCC4)cc1. The van der Waals surface area contributed by atoms with Crippen LogP contribution in [0.15, 0.2) is 63.8 Å². The van der Waals surface area contributed by atoms with Crippen LogP contribution in [0.5, 0.6) is 0 Å². The third-order valence-corrected chi connectivity index (χ3v) is 7.82. The third-order valence-electron chi connectivity index (χ3n) is 5.69. The molecule has 0 aliphatic heterocycles. The highest BCUT2D eigenvalue weighted by Gasteiger charge is 2.23. The number of thioether (sulfide) groups is 1. The van der Waals surface area contributed by atoms with Crippen LogP contribution in [0.4, 0.5) is 0 Å². The zero-order chi connectivity index (χ0) is 23.5. The lowest BCUT2D eigenvalue weighted by molar-refractivity contribution is -0.118. The number of nitrogens with one attached hydrogen (secondary N) is 1. The lowest BCUT2D eigenvalue weighted by Crippen LogP contribution is -2.24. The number of fused-ring (bicyclic) bond motifs is 3. The number of hydrogen-bond donors (Lipinski definition) is 1. The lowest BCUT2D eigenvalue weighted by atomic mass is 9.97. The first-order chi connectivity index (χ1) is 16.6. The average molecular weight is 490 g/mol. The first-order valence-corrected chi connectivity index (χ1v) is 12.9. The second-order valence-corrected chi connectivity index (χ2v) is 10.2. The molecule has 9 heteroatoms. The van der Waals surface area contributed by atoms with Crippen molar-refractivity contribution in [3.8, 4) is 5.69 Å². The van der Waals surface area contributed by atoms with Crippen LogP contribution in [0.25, 0.3) is 15.9 Å². The summed E-state index contributed by atoms with van der Waals surface area (Å²) in [5.41, 5.74) is 6.33. The fourth-order valence-electron chi connectivity index (χ4n) is 4.00. The van der Waals surface area contributed by atoms with Crippen LogP contribution in [0, 0.1) is 6.92 Å². The van der Waals surface area contributed by atoms with Gasteiger partial charge in [0.05, 0.1) is 23.0 Å². The molecule has 1 aliphatic carbocycles. The van der Waals surface area contributed by atoms with Crippen molar-refractivity contribution in [2.75, 3.05) is 5.75 Å². The molecule has 3 heterocycles. The van der Waals surface area contributed by atoms with Crippen LogP contribution in [0.3, 0.4) is 0 Å². The fourth-order valence-corrected chi connectivity index (χ4v) is 6.10. The minimum Gasteiger partial charge on any atom is -0.272 e. The van der Waals surface area contributed by atoms with E-state index in [1.165, 1.54) is 16.6 Å². The van der Waals surface area contributed by atoms with Gasteiger partial charge in [-0.05, 0) is 68.0 Å². The Balaban J connectivity index is 1.45. The number of amides is 1. The monoisotopic (exact) mass is 489 g/mol. The molecule has 1 amide bonds. The minimum absolute atomic E-state index is 0.0631. The van der Waals surface area contributed by atoms with Crippen LogP contribution in [0.2, 0.25) is 0 Å². The molecule has 1 aliphatic rings. The van der Waals surface area contributed by atoms with E-state index < -0.39 is 0 Å². The summed E-state index contributed by atoms with van der Waals surface area (Å²) >= 11 is 2.85. The molecule has 5 rings (SSSR count). The molecule has 34 heavy (non-hydrogen) atoms. The molecule has 0 radical (unpaired) electrons. The quantitative estimate of drug-likeness (QED) is 0.189.